The van der Waals surface area contributed by atoms with Crippen LogP contribution in [0.4, 0.5) is 5.95 Å². The van der Waals surface area contributed by atoms with Gasteiger partial charge >= 0.3 is 0 Å². The highest BCUT2D eigenvalue weighted by atomic mass is 35.5. The quantitative estimate of drug-likeness (QED) is 0.239. The maximum Gasteiger partial charge on any atom is 0.243 e. The van der Waals surface area contributed by atoms with E-state index in [0.29, 0.717) is 63.9 Å². The van der Waals surface area contributed by atoms with E-state index in [0.717, 1.165) is 17.5 Å². The monoisotopic (exact) mass is 593 g/mol. The van der Waals surface area contributed by atoms with E-state index in [1.54, 1.807) is 12.3 Å². The van der Waals surface area contributed by atoms with Gasteiger partial charge in [0.15, 0.2) is 0 Å². The molecule has 1 fully saturated rings. The molecule has 2 atom stereocenters. The average molecular weight is 594 g/mol. The van der Waals surface area contributed by atoms with Gasteiger partial charge in [-0.25, -0.2) is 9.97 Å². The molecule has 0 saturated carbocycles. The maximum absolute atomic E-state index is 11.9. The summed E-state index contributed by atoms with van der Waals surface area (Å²) in [6, 6.07) is 13.2. The van der Waals surface area contributed by atoms with E-state index in [1.807, 2.05) is 24.3 Å². The second kappa shape index (κ2) is 12.7. The molecule has 3 heterocycles. The molecule has 5 rings (SSSR count). The average Bonchev–Trinajstić information content (AvgIpc) is 3.42. The summed E-state index contributed by atoms with van der Waals surface area (Å²) in [4.78, 5) is 26.3. The van der Waals surface area contributed by atoms with Crippen LogP contribution in [-0.4, -0.2) is 60.4 Å². The Kier molecular flexibility index (Phi) is 8.87. The number of anilines is 1. The maximum atomic E-state index is 11.9. The summed E-state index contributed by atoms with van der Waals surface area (Å²) in [5, 5.41) is 7.60. The van der Waals surface area contributed by atoms with Gasteiger partial charge in [0.05, 0.1) is 66.5 Å². The van der Waals surface area contributed by atoms with E-state index in [4.69, 9.17) is 47.4 Å². The van der Waals surface area contributed by atoms with Gasteiger partial charge in [-0.3, -0.25) is 9.78 Å². The summed E-state index contributed by atoms with van der Waals surface area (Å²) in [5.74, 6) is 0.977. The number of carbonyl (C=O) groups is 1. The fourth-order valence-corrected chi connectivity index (χ4v) is 5.44. The largest absolute Gasteiger partial charge is 0.495 e. The highest BCUT2D eigenvalue weighted by Gasteiger charge is 2.30. The minimum Gasteiger partial charge on any atom is -0.495 e. The number of rotatable bonds is 10. The Hall–Kier alpha value is -3.92. The molecule has 2 aromatic carbocycles. The van der Waals surface area contributed by atoms with Gasteiger partial charge in [-0.15, -0.1) is 0 Å². The Bertz CT molecular complexity index is 1560. The van der Waals surface area contributed by atoms with Crippen molar-refractivity contribution in [1.29, 1.82) is 0 Å². The zero-order valence-electron chi connectivity index (χ0n) is 22.6. The Labute approximate surface area is 247 Å². The van der Waals surface area contributed by atoms with Crippen molar-refractivity contribution in [3.05, 3.63) is 82.6 Å². The van der Waals surface area contributed by atoms with E-state index < -0.39 is 0 Å². The van der Waals surface area contributed by atoms with Crippen molar-refractivity contribution in [2.24, 2.45) is 0 Å². The topological polar surface area (TPSA) is 107 Å². The molecule has 1 aliphatic rings. The van der Waals surface area contributed by atoms with Crippen molar-refractivity contribution in [2.75, 3.05) is 32.8 Å². The molecule has 1 aliphatic heterocycles. The van der Waals surface area contributed by atoms with Crippen LogP contribution in [-0.2, 0) is 22.4 Å². The van der Waals surface area contributed by atoms with Gasteiger partial charge in [-0.1, -0.05) is 60.1 Å². The molecule has 0 radical (unpaired) electrons. The Morgan fingerprint density at radius 3 is 2.44 bits per heavy atom. The summed E-state index contributed by atoms with van der Waals surface area (Å²) in [6.07, 6.45) is 4.31. The highest BCUT2D eigenvalue weighted by molar-refractivity contribution is 6.41. The molecule has 11 heteroatoms. The fourth-order valence-electron chi connectivity index (χ4n) is 4.74. The second-order valence-corrected chi connectivity index (χ2v) is 10.2. The van der Waals surface area contributed by atoms with Gasteiger partial charge in [0, 0.05) is 23.2 Å². The number of carbonyl (C=O) groups excluding carboxylic acids is 1. The number of hydrogen-bond donors (Lipinski definition) is 2. The number of methoxy groups -OCH3 is 2. The number of hydrogen-bond acceptors (Lipinski definition) is 8. The van der Waals surface area contributed by atoms with Crippen molar-refractivity contribution in [1.82, 2.24) is 20.3 Å². The molecule has 2 N–H and O–H groups in total. The molecule has 1 saturated heterocycles. The summed E-state index contributed by atoms with van der Waals surface area (Å²) in [6.45, 7) is 4.30. The lowest BCUT2D eigenvalue weighted by Gasteiger charge is -2.20. The number of aromatic nitrogens is 3. The van der Waals surface area contributed by atoms with Gasteiger partial charge in [-0.2, -0.15) is 0 Å². The molecular formula is C30H29Cl2N5O4. The molecule has 212 valence electrons. The first-order valence-electron chi connectivity index (χ1n) is 13.0. The molecule has 9 nitrogen and oxygen atoms in total. The van der Waals surface area contributed by atoms with Crippen LogP contribution in [0.25, 0.3) is 22.2 Å². The molecular weight excluding hydrogens is 565 g/mol. The van der Waals surface area contributed by atoms with Crippen LogP contribution in [0.2, 0.25) is 10.0 Å². The molecule has 0 bridgehead atoms. The predicted octanol–water partition coefficient (Wildman–Crippen LogP) is 5.28. The number of pyridine rings is 1. The van der Waals surface area contributed by atoms with Crippen LogP contribution in [0.1, 0.15) is 11.3 Å². The number of amides is 1. The van der Waals surface area contributed by atoms with Crippen LogP contribution in [0, 0.1) is 0 Å². The zero-order valence-corrected chi connectivity index (χ0v) is 24.1. The molecule has 41 heavy (non-hydrogen) atoms. The fraction of sp³-hybridized carbons (Fsp3) is 0.267. The minimum atomic E-state index is -0.266. The van der Waals surface area contributed by atoms with Crippen LogP contribution in [0.3, 0.4) is 0 Å². The van der Waals surface area contributed by atoms with Crippen molar-refractivity contribution < 1.29 is 19.0 Å². The molecule has 4 aromatic rings. The van der Waals surface area contributed by atoms with E-state index in [2.05, 4.69) is 34.3 Å². The number of benzene rings is 2. The first kappa shape index (κ1) is 28.6. The van der Waals surface area contributed by atoms with Gasteiger partial charge in [0.25, 0.3) is 0 Å². The van der Waals surface area contributed by atoms with Crippen molar-refractivity contribution >= 4 is 46.0 Å². The van der Waals surface area contributed by atoms with Crippen molar-refractivity contribution in [2.45, 2.75) is 24.9 Å². The van der Waals surface area contributed by atoms with Gasteiger partial charge in [0.2, 0.25) is 11.9 Å². The second-order valence-electron chi connectivity index (χ2n) is 9.46. The summed E-state index contributed by atoms with van der Waals surface area (Å²) >= 11 is 13.5. The van der Waals surface area contributed by atoms with Gasteiger partial charge in [0.1, 0.15) is 11.5 Å². The first-order chi connectivity index (χ1) is 19.9. The normalized spacial score (nSPS) is 16.4. The number of halogens is 2. The number of ether oxygens (including phenoxy) is 3. The van der Waals surface area contributed by atoms with Crippen LogP contribution in [0.5, 0.6) is 11.5 Å². The van der Waals surface area contributed by atoms with E-state index in [9.17, 15) is 4.79 Å². The van der Waals surface area contributed by atoms with Crippen LogP contribution < -0.4 is 20.1 Å². The Morgan fingerprint density at radius 2 is 1.76 bits per heavy atom. The zero-order chi connectivity index (χ0) is 28.9. The molecule has 1 amide bonds. The lowest BCUT2D eigenvalue weighted by atomic mass is 10.0. The summed E-state index contributed by atoms with van der Waals surface area (Å²) < 4.78 is 16.5. The number of fused-ring (bicyclic) bond motifs is 1. The van der Waals surface area contributed by atoms with Crippen LogP contribution in [0.15, 0.2) is 61.3 Å². The summed E-state index contributed by atoms with van der Waals surface area (Å²) in [5.41, 5.74) is 3.66. The smallest absolute Gasteiger partial charge is 0.243 e. The number of aryl methyl sites for hydroxylation is 2. The Balaban J connectivity index is 1.57. The SMILES string of the molecule is C=CC(=O)N[C@H]1COC[C@H]1Nc1ncc2cc(-c3c(Cl)c(OC)cc(OC)c3Cl)nc(CCc3ccccc3)c2n1. The lowest BCUT2D eigenvalue weighted by Crippen LogP contribution is -2.45. The number of nitrogens with one attached hydrogen (secondary N) is 2. The molecule has 0 aliphatic carbocycles. The molecule has 2 aromatic heterocycles. The van der Waals surface area contributed by atoms with E-state index >= 15 is 0 Å². The Morgan fingerprint density at radius 1 is 1.05 bits per heavy atom. The summed E-state index contributed by atoms with van der Waals surface area (Å²) in [7, 11) is 3.06. The minimum absolute atomic E-state index is 0.210. The lowest BCUT2D eigenvalue weighted by molar-refractivity contribution is -0.117. The first-order valence-corrected chi connectivity index (χ1v) is 13.8. The predicted molar refractivity (Wildman–Crippen MR) is 160 cm³/mol. The van der Waals surface area contributed by atoms with Crippen LogP contribution >= 0.6 is 23.2 Å². The molecule has 0 spiro atoms. The third-order valence-corrected chi connectivity index (χ3v) is 7.62. The van der Waals surface area contributed by atoms with E-state index in [-0.39, 0.29) is 18.0 Å². The highest BCUT2D eigenvalue weighted by Crippen LogP contribution is 2.46. The third-order valence-electron chi connectivity index (χ3n) is 6.87. The van der Waals surface area contributed by atoms with Gasteiger partial charge < -0.3 is 24.8 Å². The molecule has 0 unspecified atom stereocenters. The van der Waals surface area contributed by atoms with Crippen molar-refractivity contribution in [3.8, 4) is 22.8 Å². The van der Waals surface area contributed by atoms with Gasteiger partial charge in [-0.05, 0) is 30.5 Å². The van der Waals surface area contributed by atoms with Crippen molar-refractivity contribution in [3.63, 3.8) is 0 Å². The van der Waals surface area contributed by atoms with E-state index in [1.165, 1.54) is 25.9 Å². The third kappa shape index (κ3) is 6.22. The number of nitrogens with zero attached hydrogens (tertiary/aromatic N) is 3. The standard InChI is InChI=1S/C30H29Cl2N5O4/c1-4-25(38)35-21-15-41-16-22(21)36-30-33-14-18-12-20(26-27(31)23(39-2)13-24(40-3)28(26)32)34-19(29(18)37-30)11-10-17-8-6-5-7-9-17/h4-9,12-14,21-22H,1,10-11,15-16H2,2-3H3,(H,35,38)(H,33,36,37)/t21-,22+/m0/s1.